The molecule has 2 aromatic heterocycles. The summed E-state index contributed by atoms with van der Waals surface area (Å²) in [5.41, 5.74) is 7.38. The molecule has 4 nitrogen and oxygen atoms in total. The molecule has 4 heteroatoms. The highest BCUT2D eigenvalue weighted by Gasteiger charge is 2.18. The van der Waals surface area contributed by atoms with Gasteiger partial charge >= 0.3 is 5.63 Å². The predicted molar refractivity (Wildman–Crippen MR) is 155 cm³/mol. The smallest absolute Gasteiger partial charge is 0.380 e. The number of aromatic nitrogens is 2. The minimum atomic E-state index is -0.444. The van der Waals surface area contributed by atoms with Gasteiger partial charge in [-0.25, -0.2) is 9.78 Å². The van der Waals surface area contributed by atoms with Gasteiger partial charge in [0, 0.05) is 0 Å². The maximum Gasteiger partial charge on any atom is 0.380 e. The van der Waals surface area contributed by atoms with Gasteiger partial charge in [-0.15, -0.1) is 0 Å². The molecule has 0 aliphatic rings. The molecule has 8 aromatic rings. The van der Waals surface area contributed by atoms with Crippen LogP contribution in [-0.4, -0.2) is 9.38 Å². The number of rotatable bonds is 2. The van der Waals surface area contributed by atoms with Crippen LogP contribution in [0.15, 0.2) is 131 Å². The molecule has 0 aliphatic heterocycles. The van der Waals surface area contributed by atoms with Gasteiger partial charge in [-0.2, -0.15) is 0 Å². The van der Waals surface area contributed by atoms with Crippen LogP contribution in [0.2, 0.25) is 0 Å². The van der Waals surface area contributed by atoms with E-state index in [1.165, 1.54) is 21.9 Å². The third-order valence-electron chi connectivity index (χ3n) is 7.43. The van der Waals surface area contributed by atoms with Crippen LogP contribution < -0.4 is 5.63 Å². The molecule has 2 heterocycles. The van der Waals surface area contributed by atoms with E-state index in [1.807, 2.05) is 46.9 Å². The SMILES string of the molecule is O=c1oc2cc(-c3c4ccccc4c(-c4ccccc4)c4ccccc34)ccc2n2c1nc1ccccc12. The van der Waals surface area contributed by atoms with Gasteiger partial charge < -0.3 is 4.42 Å². The predicted octanol–water partition coefficient (Wildman–Crippen LogP) is 8.23. The molecular weight excluding hydrogens is 468 g/mol. The maximum atomic E-state index is 13.0. The first-order chi connectivity index (χ1) is 18.8. The summed E-state index contributed by atoms with van der Waals surface area (Å²) >= 11 is 0. The molecule has 6 aromatic carbocycles. The molecule has 0 bridgehead atoms. The summed E-state index contributed by atoms with van der Waals surface area (Å²) in [5, 5.41) is 4.68. The first-order valence-electron chi connectivity index (χ1n) is 12.6. The van der Waals surface area contributed by atoms with Crippen molar-refractivity contribution in [2.45, 2.75) is 0 Å². The van der Waals surface area contributed by atoms with E-state index in [9.17, 15) is 4.79 Å². The standard InChI is InChI=1S/C34H20N2O2/c37-34-33-35-27-16-8-9-17-28(27)36(33)29-19-18-22(20-30(29)38-34)32-25-14-6-4-12-23(25)31(21-10-2-1-3-11-21)24-13-5-7-15-26(24)32/h1-20H. The van der Waals surface area contributed by atoms with Gasteiger partial charge in [0.05, 0.1) is 16.6 Å². The van der Waals surface area contributed by atoms with E-state index in [-0.39, 0.29) is 0 Å². The number of benzene rings is 6. The number of fused-ring (bicyclic) bond motifs is 7. The number of hydrogen-bond acceptors (Lipinski definition) is 3. The Morgan fingerprint density at radius 1 is 0.553 bits per heavy atom. The van der Waals surface area contributed by atoms with Crippen LogP contribution in [0.5, 0.6) is 0 Å². The minimum absolute atomic E-state index is 0.301. The van der Waals surface area contributed by atoms with Crippen molar-refractivity contribution in [2.24, 2.45) is 0 Å². The molecule has 0 amide bonds. The Bertz CT molecular complexity index is 2200. The summed E-state index contributed by atoms with van der Waals surface area (Å²) in [5.74, 6) is 0. The average Bonchev–Trinajstić information content (AvgIpc) is 3.37. The van der Waals surface area contributed by atoms with Crippen LogP contribution in [0, 0.1) is 0 Å². The highest BCUT2D eigenvalue weighted by atomic mass is 16.4. The number of nitrogens with zero attached hydrogens (tertiary/aromatic N) is 2. The first kappa shape index (κ1) is 20.9. The Balaban J connectivity index is 1.49. The van der Waals surface area contributed by atoms with Crippen LogP contribution in [0.3, 0.4) is 0 Å². The Morgan fingerprint density at radius 3 is 1.82 bits per heavy atom. The molecule has 38 heavy (non-hydrogen) atoms. The molecule has 0 unspecified atom stereocenters. The van der Waals surface area contributed by atoms with Crippen molar-refractivity contribution in [1.82, 2.24) is 9.38 Å². The van der Waals surface area contributed by atoms with Crippen LogP contribution in [0.25, 0.3) is 71.6 Å². The van der Waals surface area contributed by atoms with Crippen LogP contribution in [-0.2, 0) is 0 Å². The number of para-hydroxylation sites is 2. The lowest BCUT2D eigenvalue weighted by Crippen LogP contribution is -2.05. The Kier molecular flexibility index (Phi) is 4.34. The third-order valence-corrected chi connectivity index (χ3v) is 7.43. The summed E-state index contributed by atoms with van der Waals surface area (Å²) in [4.78, 5) is 17.5. The van der Waals surface area contributed by atoms with E-state index in [4.69, 9.17) is 4.42 Å². The zero-order chi connectivity index (χ0) is 25.2. The summed E-state index contributed by atoms with van der Waals surface area (Å²) in [7, 11) is 0. The second-order valence-electron chi connectivity index (χ2n) is 9.54. The van der Waals surface area contributed by atoms with Gasteiger partial charge in [0.15, 0.2) is 5.58 Å². The van der Waals surface area contributed by atoms with Crippen molar-refractivity contribution in [1.29, 1.82) is 0 Å². The molecule has 0 spiro atoms. The van der Waals surface area contributed by atoms with E-state index in [1.54, 1.807) is 0 Å². The number of hydrogen-bond donors (Lipinski definition) is 0. The fourth-order valence-electron chi connectivity index (χ4n) is 5.84. The van der Waals surface area contributed by atoms with Gasteiger partial charge in [0.2, 0.25) is 5.65 Å². The quantitative estimate of drug-likeness (QED) is 0.230. The molecule has 0 radical (unpaired) electrons. The molecule has 0 aliphatic carbocycles. The summed E-state index contributed by atoms with van der Waals surface area (Å²) in [6, 6.07) is 41.5. The monoisotopic (exact) mass is 488 g/mol. The molecule has 0 fully saturated rings. The minimum Gasteiger partial charge on any atom is -0.418 e. The molecular formula is C34H20N2O2. The summed E-state index contributed by atoms with van der Waals surface area (Å²) < 4.78 is 7.74. The summed E-state index contributed by atoms with van der Waals surface area (Å²) in [6.07, 6.45) is 0. The second kappa shape index (κ2) is 7.89. The molecule has 0 saturated carbocycles. The lowest BCUT2D eigenvalue weighted by atomic mass is 9.86. The van der Waals surface area contributed by atoms with E-state index in [0.717, 1.165) is 38.4 Å². The topological polar surface area (TPSA) is 47.5 Å². The van der Waals surface area contributed by atoms with Crippen LogP contribution in [0.4, 0.5) is 0 Å². The van der Waals surface area contributed by atoms with E-state index >= 15 is 0 Å². The van der Waals surface area contributed by atoms with Crippen LogP contribution >= 0.6 is 0 Å². The fourth-order valence-corrected chi connectivity index (χ4v) is 5.84. The van der Waals surface area contributed by atoms with Crippen molar-refractivity contribution in [2.75, 3.05) is 0 Å². The maximum absolute atomic E-state index is 13.0. The van der Waals surface area contributed by atoms with Crippen molar-refractivity contribution < 1.29 is 4.42 Å². The fraction of sp³-hybridized carbons (Fsp3) is 0. The number of imidazole rings is 1. The van der Waals surface area contributed by atoms with E-state index in [2.05, 4.69) is 83.8 Å². The first-order valence-corrected chi connectivity index (χ1v) is 12.6. The van der Waals surface area contributed by atoms with Crippen molar-refractivity contribution in [3.8, 4) is 22.3 Å². The van der Waals surface area contributed by atoms with Gasteiger partial charge in [-0.05, 0) is 68.1 Å². The van der Waals surface area contributed by atoms with E-state index < -0.39 is 5.63 Å². The summed E-state index contributed by atoms with van der Waals surface area (Å²) in [6.45, 7) is 0. The second-order valence-corrected chi connectivity index (χ2v) is 9.54. The molecule has 0 N–H and O–H groups in total. The highest BCUT2D eigenvalue weighted by molar-refractivity contribution is 6.21. The van der Waals surface area contributed by atoms with Crippen LogP contribution in [0.1, 0.15) is 0 Å². The van der Waals surface area contributed by atoms with Crippen molar-refractivity contribution in [3.63, 3.8) is 0 Å². The van der Waals surface area contributed by atoms with Crippen molar-refractivity contribution >= 4 is 49.3 Å². The van der Waals surface area contributed by atoms with Gasteiger partial charge in [-0.3, -0.25) is 4.40 Å². The lowest BCUT2D eigenvalue weighted by Gasteiger charge is -2.17. The largest absolute Gasteiger partial charge is 0.418 e. The Labute approximate surface area is 217 Å². The highest BCUT2D eigenvalue weighted by Crippen LogP contribution is 2.43. The molecule has 178 valence electrons. The zero-order valence-electron chi connectivity index (χ0n) is 20.3. The van der Waals surface area contributed by atoms with Gasteiger partial charge in [0.25, 0.3) is 0 Å². The Hall–Kier alpha value is -5.22. The Morgan fingerprint density at radius 2 is 1.13 bits per heavy atom. The molecule has 0 saturated heterocycles. The normalized spacial score (nSPS) is 11.8. The van der Waals surface area contributed by atoms with E-state index in [0.29, 0.717) is 11.2 Å². The van der Waals surface area contributed by atoms with Gasteiger partial charge in [-0.1, -0.05) is 97.1 Å². The third kappa shape index (κ3) is 2.91. The van der Waals surface area contributed by atoms with Gasteiger partial charge in [0.1, 0.15) is 0 Å². The molecule has 0 atom stereocenters. The lowest BCUT2D eigenvalue weighted by molar-refractivity contribution is 0.561. The van der Waals surface area contributed by atoms with Crippen molar-refractivity contribution in [3.05, 3.63) is 132 Å². The molecule has 8 rings (SSSR count). The zero-order valence-corrected chi connectivity index (χ0v) is 20.3. The average molecular weight is 489 g/mol.